The van der Waals surface area contributed by atoms with E-state index in [9.17, 15) is 9.59 Å². The van der Waals surface area contributed by atoms with Crippen LogP contribution in [0.5, 0.6) is 0 Å². The van der Waals surface area contributed by atoms with E-state index in [2.05, 4.69) is 9.72 Å². The van der Waals surface area contributed by atoms with Crippen molar-refractivity contribution in [3.63, 3.8) is 0 Å². The highest BCUT2D eigenvalue weighted by atomic mass is 32.1. The molecule has 3 rings (SSSR count). The minimum atomic E-state index is -0.559. The van der Waals surface area contributed by atoms with Crippen molar-refractivity contribution in [3.05, 3.63) is 63.9 Å². The van der Waals surface area contributed by atoms with Gasteiger partial charge >= 0.3 is 11.9 Å². The van der Waals surface area contributed by atoms with E-state index >= 15 is 0 Å². The number of aromatic nitrogens is 1. The van der Waals surface area contributed by atoms with Crippen LogP contribution in [0, 0.1) is 0 Å². The predicted molar refractivity (Wildman–Crippen MR) is 102 cm³/mol. The normalized spacial score (nSPS) is 10.9. The van der Waals surface area contributed by atoms with Gasteiger partial charge < -0.3 is 13.9 Å². The molecule has 6 nitrogen and oxygen atoms in total. The van der Waals surface area contributed by atoms with Gasteiger partial charge in [0.25, 0.3) is 0 Å². The van der Waals surface area contributed by atoms with E-state index in [-0.39, 0.29) is 12.4 Å². The summed E-state index contributed by atoms with van der Waals surface area (Å²) >= 11 is 1.23. The molecule has 0 amide bonds. The fourth-order valence-corrected chi connectivity index (χ4v) is 3.29. The van der Waals surface area contributed by atoms with E-state index in [0.717, 1.165) is 5.56 Å². The maximum atomic E-state index is 12.3. The lowest BCUT2D eigenvalue weighted by molar-refractivity contribution is 0.0530. The molecule has 2 heterocycles. The molecule has 138 valence electrons. The summed E-state index contributed by atoms with van der Waals surface area (Å²) in [5.41, 5.74) is 1.96. The number of furan rings is 1. The largest absolute Gasteiger partial charge is 0.463 e. The van der Waals surface area contributed by atoms with E-state index in [0.29, 0.717) is 21.1 Å². The highest BCUT2D eigenvalue weighted by Crippen LogP contribution is 2.30. The van der Waals surface area contributed by atoms with Crippen molar-refractivity contribution in [2.75, 3.05) is 13.7 Å². The number of thiazole rings is 1. The van der Waals surface area contributed by atoms with E-state index in [4.69, 9.17) is 9.15 Å². The molecule has 2 aromatic heterocycles. The SMILES string of the molecule is CCOC(=O)c1sc(/C=C/c2ccoc2C(=O)OC)nc1-c1ccccc1. The maximum Gasteiger partial charge on any atom is 0.374 e. The fourth-order valence-electron chi connectivity index (χ4n) is 2.40. The molecule has 0 aliphatic rings. The molecule has 27 heavy (non-hydrogen) atoms. The molecule has 1 aromatic carbocycles. The average molecular weight is 383 g/mol. The van der Waals surface area contributed by atoms with Crippen molar-refractivity contribution in [2.45, 2.75) is 6.92 Å². The van der Waals surface area contributed by atoms with Crippen molar-refractivity contribution >= 4 is 35.4 Å². The van der Waals surface area contributed by atoms with Gasteiger partial charge in [0, 0.05) is 11.1 Å². The van der Waals surface area contributed by atoms with Gasteiger partial charge in [0.05, 0.1) is 25.7 Å². The van der Waals surface area contributed by atoms with Crippen LogP contribution in [0.1, 0.15) is 37.7 Å². The lowest BCUT2D eigenvalue weighted by Crippen LogP contribution is -2.03. The fraction of sp³-hybridized carbons (Fsp3) is 0.150. The van der Waals surface area contributed by atoms with Gasteiger partial charge in [-0.05, 0) is 25.1 Å². The van der Waals surface area contributed by atoms with Crippen LogP contribution < -0.4 is 0 Å². The quantitative estimate of drug-likeness (QED) is 0.582. The van der Waals surface area contributed by atoms with Crippen LogP contribution in [0.25, 0.3) is 23.4 Å². The van der Waals surface area contributed by atoms with Crippen LogP contribution in [0.15, 0.2) is 47.1 Å². The molecule has 0 radical (unpaired) electrons. The van der Waals surface area contributed by atoms with E-state index in [1.807, 2.05) is 30.3 Å². The summed E-state index contributed by atoms with van der Waals surface area (Å²) in [7, 11) is 1.29. The van der Waals surface area contributed by atoms with Crippen LogP contribution >= 0.6 is 11.3 Å². The third-order valence-corrected chi connectivity index (χ3v) is 4.62. The first-order chi connectivity index (χ1) is 13.1. The van der Waals surface area contributed by atoms with Gasteiger partial charge in [-0.2, -0.15) is 0 Å². The first-order valence-electron chi connectivity index (χ1n) is 8.21. The van der Waals surface area contributed by atoms with Crippen molar-refractivity contribution in [3.8, 4) is 11.3 Å². The topological polar surface area (TPSA) is 78.6 Å². The Morgan fingerprint density at radius 2 is 1.93 bits per heavy atom. The lowest BCUT2D eigenvalue weighted by Gasteiger charge is -2.01. The second kappa shape index (κ2) is 8.46. The smallest absolute Gasteiger partial charge is 0.374 e. The molecule has 0 unspecified atom stereocenters. The van der Waals surface area contributed by atoms with Crippen LogP contribution in [-0.4, -0.2) is 30.6 Å². The van der Waals surface area contributed by atoms with Crippen molar-refractivity contribution in [1.82, 2.24) is 4.98 Å². The number of benzene rings is 1. The molecule has 0 N–H and O–H groups in total. The number of ether oxygens (including phenoxy) is 2. The van der Waals surface area contributed by atoms with Crippen molar-refractivity contribution in [1.29, 1.82) is 0 Å². The van der Waals surface area contributed by atoms with Crippen LogP contribution in [0.2, 0.25) is 0 Å². The molecule has 0 saturated heterocycles. The predicted octanol–water partition coefficient (Wildman–Crippen LogP) is 4.54. The molecule has 0 bridgehead atoms. The van der Waals surface area contributed by atoms with Gasteiger partial charge in [-0.3, -0.25) is 0 Å². The Morgan fingerprint density at radius 3 is 2.63 bits per heavy atom. The Labute approximate surface area is 160 Å². The Hall–Kier alpha value is -3.19. The second-order valence-corrected chi connectivity index (χ2v) is 6.38. The molecule has 0 aliphatic heterocycles. The number of hydrogen-bond acceptors (Lipinski definition) is 7. The molecule has 0 fully saturated rings. The highest BCUT2D eigenvalue weighted by Gasteiger charge is 2.20. The summed E-state index contributed by atoms with van der Waals surface area (Å²) in [6.45, 7) is 2.04. The molecular weight excluding hydrogens is 366 g/mol. The van der Waals surface area contributed by atoms with Crippen molar-refractivity contribution < 1.29 is 23.5 Å². The molecular formula is C20H17NO5S. The zero-order valence-electron chi connectivity index (χ0n) is 14.8. The zero-order valence-corrected chi connectivity index (χ0v) is 15.6. The maximum absolute atomic E-state index is 12.3. The summed E-state index contributed by atoms with van der Waals surface area (Å²) in [6, 6.07) is 11.1. The molecule has 3 aromatic rings. The third-order valence-electron chi connectivity index (χ3n) is 3.62. The minimum Gasteiger partial charge on any atom is -0.463 e. The highest BCUT2D eigenvalue weighted by molar-refractivity contribution is 7.15. The Morgan fingerprint density at radius 1 is 1.15 bits per heavy atom. The molecule has 0 saturated carbocycles. The third kappa shape index (κ3) is 4.15. The number of esters is 2. The number of rotatable bonds is 6. The van der Waals surface area contributed by atoms with E-state index in [1.54, 1.807) is 25.1 Å². The second-order valence-electron chi connectivity index (χ2n) is 5.35. The Balaban J connectivity index is 1.96. The van der Waals surface area contributed by atoms with E-state index in [1.165, 1.54) is 24.7 Å². The zero-order chi connectivity index (χ0) is 19.2. The first kappa shape index (κ1) is 18.6. The van der Waals surface area contributed by atoms with Crippen LogP contribution in [0.3, 0.4) is 0 Å². The summed E-state index contributed by atoms with van der Waals surface area (Å²) < 4.78 is 15.0. The minimum absolute atomic E-state index is 0.110. The standard InChI is InChI=1S/C20H17NO5S/c1-3-25-20(23)18-16(13-7-5-4-6-8-13)21-15(27-18)10-9-14-11-12-26-17(14)19(22)24-2/h4-12H,3H2,1-2H3/b10-9+. The first-order valence-corrected chi connectivity index (χ1v) is 9.03. The summed E-state index contributed by atoms with van der Waals surface area (Å²) in [6.07, 6.45) is 4.82. The van der Waals surface area contributed by atoms with Gasteiger partial charge in [0.2, 0.25) is 5.76 Å². The van der Waals surface area contributed by atoms with Gasteiger partial charge in [0.1, 0.15) is 9.88 Å². The summed E-state index contributed by atoms with van der Waals surface area (Å²) in [5.74, 6) is -0.859. The summed E-state index contributed by atoms with van der Waals surface area (Å²) in [5, 5.41) is 0.605. The number of nitrogens with zero attached hydrogens (tertiary/aromatic N) is 1. The summed E-state index contributed by atoms with van der Waals surface area (Å²) in [4.78, 5) is 29.0. The van der Waals surface area contributed by atoms with Gasteiger partial charge in [-0.15, -0.1) is 11.3 Å². The molecule has 0 spiro atoms. The van der Waals surface area contributed by atoms with Gasteiger partial charge in [-0.25, -0.2) is 14.6 Å². The molecule has 0 atom stereocenters. The van der Waals surface area contributed by atoms with Crippen molar-refractivity contribution in [2.24, 2.45) is 0 Å². The van der Waals surface area contributed by atoms with Crippen LogP contribution in [-0.2, 0) is 9.47 Å². The Kier molecular flexibility index (Phi) is 5.83. The van der Waals surface area contributed by atoms with E-state index < -0.39 is 11.9 Å². The van der Waals surface area contributed by atoms with Crippen LogP contribution in [0.4, 0.5) is 0 Å². The molecule has 7 heteroatoms. The average Bonchev–Trinajstić information content (AvgIpc) is 3.33. The monoisotopic (exact) mass is 383 g/mol. The van der Waals surface area contributed by atoms with Gasteiger partial charge in [0.15, 0.2) is 0 Å². The number of methoxy groups -OCH3 is 1. The number of carbonyl (C=O) groups is 2. The number of hydrogen-bond donors (Lipinski definition) is 0. The molecule has 0 aliphatic carbocycles. The van der Waals surface area contributed by atoms with Gasteiger partial charge in [-0.1, -0.05) is 30.3 Å². The lowest BCUT2D eigenvalue weighted by atomic mass is 10.1. The Bertz CT molecular complexity index is 971. The number of carbonyl (C=O) groups excluding carboxylic acids is 2.